The third-order valence-electron chi connectivity index (χ3n) is 2.82. The zero-order valence-electron chi connectivity index (χ0n) is 9.15. The van der Waals surface area contributed by atoms with Gasteiger partial charge < -0.3 is 4.90 Å². The van der Waals surface area contributed by atoms with E-state index < -0.39 is 0 Å². The Labute approximate surface area is 111 Å². The Hall–Kier alpha value is -0.250. The Kier molecular flexibility index (Phi) is 4.11. The highest BCUT2D eigenvalue weighted by Gasteiger charge is 2.21. The number of nitrogens with zero attached hydrogens (tertiary/aromatic N) is 1. The van der Waals surface area contributed by atoms with E-state index in [1.165, 1.54) is 12.0 Å². The normalized spacial score (nSPS) is 18.6. The van der Waals surface area contributed by atoms with Gasteiger partial charge in [0.15, 0.2) is 0 Å². The average Bonchev–Trinajstić information content (AvgIpc) is 2.30. The van der Waals surface area contributed by atoms with Gasteiger partial charge >= 0.3 is 0 Å². The van der Waals surface area contributed by atoms with Gasteiger partial charge in [-0.25, -0.2) is 0 Å². The second-order valence-electron chi connectivity index (χ2n) is 3.89. The Bertz CT molecular complexity index is 377. The third-order valence-corrected chi connectivity index (χ3v) is 4.64. The van der Waals surface area contributed by atoms with Gasteiger partial charge in [0.25, 0.3) is 0 Å². The molecule has 0 radical (unpaired) electrons. The molecule has 0 saturated carbocycles. The summed E-state index contributed by atoms with van der Waals surface area (Å²) in [7, 11) is 0. The minimum atomic E-state index is 0.345. The second kappa shape index (κ2) is 5.39. The van der Waals surface area contributed by atoms with Gasteiger partial charge in [-0.05, 0) is 31.0 Å². The Morgan fingerprint density at radius 3 is 2.69 bits per heavy atom. The molecular formula is C12H14ClNS2. The highest BCUT2D eigenvalue weighted by molar-refractivity contribution is 8.22. The molecule has 2 rings (SSSR count). The summed E-state index contributed by atoms with van der Waals surface area (Å²) in [6.45, 7) is 3.26. The summed E-state index contributed by atoms with van der Waals surface area (Å²) in [5.41, 5.74) is 1.27. The van der Waals surface area contributed by atoms with Crippen LogP contribution in [-0.4, -0.2) is 21.5 Å². The number of hydrogen-bond acceptors (Lipinski definition) is 2. The number of thioether (sulfide) groups is 1. The summed E-state index contributed by atoms with van der Waals surface area (Å²) >= 11 is 13.1. The molecule has 1 atom stereocenters. The fraction of sp³-hybridized carbons (Fsp3) is 0.417. The van der Waals surface area contributed by atoms with Crippen LogP contribution >= 0.6 is 35.6 Å². The van der Waals surface area contributed by atoms with Gasteiger partial charge in [-0.2, -0.15) is 0 Å². The van der Waals surface area contributed by atoms with Crippen molar-refractivity contribution < 1.29 is 0 Å². The van der Waals surface area contributed by atoms with Crippen LogP contribution in [0.15, 0.2) is 24.3 Å². The van der Waals surface area contributed by atoms with E-state index in [-0.39, 0.29) is 0 Å². The molecule has 0 spiro atoms. The van der Waals surface area contributed by atoms with Crippen molar-refractivity contribution in [2.45, 2.75) is 19.4 Å². The topological polar surface area (TPSA) is 3.24 Å². The van der Waals surface area contributed by atoms with E-state index in [4.69, 9.17) is 23.8 Å². The molecule has 16 heavy (non-hydrogen) atoms. The van der Waals surface area contributed by atoms with Crippen LogP contribution in [-0.2, 0) is 0 Å². The molecule has 0 bridgehead atoms. The van der Waals surface area contributed by atoms with Crippen molar-refractivity contribution in [3.8, 4) is 0 Å². The standard InChI is InChI=1S/C12H14ClNS2/c1-9(10-3-5-11(13)6-4-10)14-7-2-8-16-12(14)15/h3-6,9H,2,7-8H2,1H3/t9-/m0/s1. The molecule has 1 aromatic rings. The molecule has 4 heteroatoms. The molecule has 0 amide bonds. The lowest BCUT2D eigenvalue weighted by Crippen LogP contribution is -2.34. The van der Waals surface area contributed by atoms with Crippen molar-refractivity contribution >= 4 is 39.9 Å². The highest BCUT2D eigenvalue weighted by atomic mass is 35.5. The van der Waals surface area contributed by atoms with Gasteiger partial charge in [0.1, 0.15) is 4.32 Å². The van der Waals surface area contributed by atoms with E-state index in [2.05, 4.69) is 24.0 Å². The van der Waals surface area contributed by atoms with E-state index in [1.807, 2.05) is 12.1 Å². The van der Waals surface area contributed by atoms with E-state index >= 15 is 0 Å². The van der Waals surface area contributed by atoms with E-state index in [9.17, 15) is 0 Å². The van der Waals surface area contributed by atoms with Crippen LogP contribution in [0.1, 0.15) is 24.9 Å². The molecule has 1 aliphatic rings. The molecule has 1 heterocycles. The summed E-state index contributed by atoms with van der Waals surface area (Å²) in [6.07, 6.45) is 1.21. The van der Waals surface area contributed by atoms with Crippen molar-refractivity contribution in [3.05, 3.63) is 34.9 Å². The van der Waals surface area contributed by atoms with Crippen LogP contribution in [0.5, 0.6) is 0 Å². The van der Waals surface area contributed by atoms with Gasteiger partial charge in [0.2, 0.25) is 0 Å². The maximum absolute atomic E-state index is 5.89. The van der Waals surface area contributed by atoms with Crippen LogP contribution in [0.4, 0.5) is 0 Å². The summed E-state index contributed by atoms with van der Waals surface area (Å²) in [5.74, 6) is 1.16. The van der Waals surface area contributed by atoms with Crippen molar-refractivity contribution in [1.29, 1.82) is 0 Å². The lowest BCUT2D eigenvalue weighted by Gasteiger charge is -2.34. The van der Waals surface area contributed by atoms with Crippen molar-refractivity contribution in [3.63, 3.8) is 0 Å². The SMILES string of the molecule is C[C@@H](c1ccc(Cl)cc1)N1CCCSC1=S. The number of halogens is 1. The van der Waals surface area contributed by atoms with E-state index in [1.54, 1.807) is 11.8 Å². The molecule has 0 unspecified atom stereocenters. The van der Waals surface area contributed by atoms with Crippen LogP contribution in [0.25, 0.3) is 0 Å². The Morgan fingerprint density at radius 2 is 2.06 bits per heavy atom. The summed E-state index contributed by atoms with van der Waals surface area (Å²) in [5, 5.41) is 0.784. The Balaban J connectivity index is 2.14. The Morgan fingerprint density at radius 1 is 1.38 bits per heavy atom. The largest absolute Gasteiger partial charge is 0.351 e. The molecule has 0 N–H and O–H groups in total. The van der Waals surface area contributed by atoms with Crippen LogP contribution in [0.2, 0.25) is 5.02 Å². The predicted octanol–water partition coefficient (Wildman–Crippen LogP) is 4.12. The predicted molar refractivity (Wildman–Crippen MR) is 76.2 cm³/mol. The molecule has 0 aliphatic carbocycles. The van der Waals surface area contributed by atoms with Crippen molar-refractivity contribution in [1.82, 2.24) is 4.90 Å². The van der Waals surface area contributed by atoms with E-state index in [0.717, 1.165) is 21.6 Å². The fourth-order valence-corrected chi connectivity index (χ4v) is 3.33. The molecule has 1 saturated heterocycles. The quantitative estimate of drug-likeness (QED) is 0.745. The fourth-order valence-electron chi connectivity index (χ4n) is 1.84. The lowest BCUT2D eigenvalue weighted by molar-refractivity contribution is 0.345. The molecule has 1 nitrogen and oxygen atoms in total. The molecule has 86 valence electrons. The first kappa shape index (κ1) is 12.2. The average molecular weight is 272 g/mol. The number of hydrogen-bond donors (Lipinski definition) is 0. The minimum absolute atomic E-state index is 0.345. The molecule has 1 fully saturated rings. The number of benzene rings is 1. The van der Waals surface area contributed by atoms with Crippen LogP contribution in [0, 0.1) is 0 Å². The number of rotatable bonds is 2. The number of thiocarbonyl (C=S) groups is 1. The lowest BCUT2D eigenvalue weighted by atomic mass is 10.1. The van der Waals surface area contributed by atoms with Gasteiger partial charge in [0.05, 0.1) is 6.04 Å². The molecule has 0 aromatic heterocycles. The van der Waals surface area contributed by atoms with E-state index in [0.29, 0.717) is 6.04 Å². The first-order chi connectivity index (χ1) is 7.68. The van der Waals surface area contributed by atoms with Gasteiger partial charge in [0, 0.05) is 17.3 Å². The van der Waals surface area contributed by atoms with Crippen LogP contribution < -0.4 is 0 Å². The summed E-state index contributed by atoms with van der Waals surface area (Å²) in [6, 6.07) is 8.38. The van der Waals surface area contributed by atoms with Crippen molar-refractivity contribution in [2.75, 3.05) is 12.3 Å². The highest BCUT2D eigenvalue weighted by Crippen LogP contribution is 2.28. The molecule has 1 aromatic carbocycles. The zero-order chi connectivity index (χ0) is 11.5. The monoisotopic (exact) mass is 271 g/mol. The first-order valence-corrected chi connectivity index (χ1v) is 7.14. The molecule has 1 aliphatic heterocycles. The van der Waals surface area contributed by atoms with Gasteiger partial charge in [-0.15, -0.1) is 0 Å². The van der Waals surface area contributed by atoms with Gasteiger partial charge in [-0.3, -0.25) is 0 Å². The smallest absolute Gasteiger partial charge is 0.136 e. The maximum Gasteiger partial charge on any atom is 0.136 e. The second-order valence-corrected chi connectivity index (χ2v) is 6.05. The first-order valence-electron chi connectivity index (χ1n) is 5.37. The summed E-state index contributed by atoms with van der Waals surface area (Å²) in [4.78, 5) is 2.30. The van der Waals surface area contributed by atoms with Crippen LogP contribution in [0.3, 0.4) is 0 Å². The maximum atomic E-state index is 5.89. The minimum Gasteiger partial charge on any atom is -0.351 e. The summed E-state index contributed by atoms with van der Waals surface area (Å²) < 4.78 is 1.02. The zero-order valence-corrected chi connectivity index (χ0v) is 11.5. The van der Waals surface area contributed by atoms with Crippen molar-refractivity contribution in [2.24, 2.45) is 0 Å². The third kappa shape index (κ3) is 2.70. The van der Waals surface area contributed by atoms with Gasteiger partial charge in [-0.1, -0.05) is 47.7 Å². The molecular weight excluding hydrogens is 258 g/mol.